The number of rotatable bonds is 2. The molecule has 6 heteroatoms. The van der Waals surface area contributed by atoms with Gasteiger partial charge in [0.1, 0.15) is 11.2 Å². The number of nitrogens with one attached hydrogen (secondary N) is 1. The van der Waals surface area contributed by atoms with Gasteiger partial charge in [-0.15, -0.1) is 0 Å². The Morgan fingerprint density at radius 1 is 1.50 bits per heavy atom. The maximum Gasteiger partial charge on any atom is 0.414 e. The van der Waals surface area contributed by atoms with Crippen LogP contribution in [-0.2, 0) is 4.74 Å². The zero-order valence-corrected chi connectivity index (χ0v) is 9.66. The molecule has 0 atom stereocenters. The number of ether oxygens (including phenoxy) is 1. The molecule has 0 bridgehead atoms. The van der Waals surface area contributed by atoms with Crippen molar-refractivity contribution in [2.24, 2.45) is 0 Å². The van der Waals surface area contributed by atoms with Crippen molar-refractivity contribution < 1.29 is 18.8 Å². The summed E-state index contributed by atoms with van der Waals surface area (Å²) in [6.45, 7) is 6.81. The predicted octanol–water partition coefficient (Wildman–Crippen LogP) is 2.14. The number of aromatic nitrogens is 1. The van der Waals surface area contributed by atoms with Crippen molar-refractivity contribution in [1.29, 1.82) is 0 Å². The van der Waals surface area contributed by atoms with Crippen molar-refractivity contribution in [3.8, 4) is 0 Å². The molecule has 0 aromatic carbocycles. The van der Waals surface area contributed by atoms with Crippen molar-refractivity contribution in [3.05, 3.63) is 11.3 Å². The number of aryl methyl sites for hydroxylation is 1. The molecule has 88 valence electrons. The van der Waals surface area contributed by atoms with E-state index in [0.717, 1.165) is 0 Å². The Bertz CT molecular complexity index is 403. The molecular formula is C10H14N2O4. The first-order valence-corrected chi connectivity index (χ1v) is 4.75. The van der Waals surface area contributed by atoms with Gasteiger partial charge in [0.2, 0.25) is 5.88 Å². The lowest BCUT2D eigenvalue weighted by atomic mass is 10.2. The third-order valence-electron chi connectivity index (χ3n) is 1.64. The van der Waals surface area contributed by atoms with Crippen LogP contribution in [0.1, 0.15) is 36.8 Å². The molecule has 16 heavy (non-hydrogen) atoms. The molecule has 0 aliphatic heterocycles. The summed E-state index contributed by atoms with van der Waals surface area (Å²) < 4.78 is 9.77. The molecule has 1 rings (SSSR count). The number of aldehydes is 1. The highest BCUT2D eigenvalue weighted by Gasteiger charge is 2.20. The highest BCUT2D eigenvalue weighted by Crippen LogP contribution is 2.18. The highest BCUT2D eigenvalue weighted by atomic mass is 16.6. The maximum absolute atomic E-state index is 11.4. The third kappa shape index (κ3) is 3.08. The molecule has 1 aromatic heterocycles. The maximum atomic E-state index is 11.4. The number of hydrogen-bond donors (Lipinski definition) is 1. The monoisotopic (exact) mass is 226 g/mol. The Kier molecular flexibility index (Phi) is 3.31. The number of carbonyl (C=O) groups excluding carboxylic acids is 2. The summed E-state index contributed by atoms with van der Waals surface area (Å²) in [7, 11) is 0. The smallest absolute Gasteiger partial charge is 0.414 e. The minimum Gasteiger partial charge on any atom is -0.444 e. The molecule has 0 saturated carbocycles. The lowest BCUT2D eigenvalue weighted by Gasteiger charge is -2.18. The molecule has 0 unspecified atom stereocenters. The van der Waals surface area contributed by atoms with Crippen LogP contribution in [0.4, 0.5) is 10.7 Å². The van der Waals surface area contributed by atoms with Crippen LogP contribution in [0.2, 0.25) is 0 Å². The summed E-state index contributed by atoms with van der Waals surface area (Å²) in [5, 5.41) is 5.88. The summed E-state index contributed by atoms with van der Waals surface area (Å²) in [5.41, 5.74) is 0.0208. The normalized spacial score (nSPS) is 11.0. The Labute approximate surface area is 92.9 Å². The fourth-order valence-corrected chi connectivity index (χ4v) is 1.00. The molecule has 0 fully saturated rings. The number of carbonyl (C=O) groups is 2. The van der Waals surface area contributed by atoms with Crippen LogP contribution >= 0.6 is 0 Å². The molecule has 1 aromatic rings. The fraction of sp³-hybridized carbons (Fsp3) is 0.500. The van der Waals surface area contributed by atoms with Gasteiger partial charge in [0.25, 0.3) is 0 Å². The van der Waals surface area contributed by atoms with E-state index < -0.39 is 11.7 Å². The number of anilines is 1. The fourth-order valence-electron chi connectivity index (χ4n) is 1.00. The van der Waals surface area contributed by atoms with Crippen molar-refractivity contribution in [3.63, 3.8) is 0 Å². The van der Waals surface area contributed by atoms with E-state index in [2.05, 4.69) is 10.5 Å². The van der Waals surface area contributed by atoms with Crippen LogP contribution in [0, 0.1) is 6.92 Å². The quantitative estimate of drug-likeness (QED) is 0.781. The molecule has 0 radical (unpaired) electrons. The standard InChI is InChI=1S/C10H14N2O4/c1-6-7(5-13)8(16-12-6)11-9(14)15-10(2,3)4/h5H,1-4H3,(H,11,14). The molecule has 0 spiro atoms. The van der Waals surface area contributed by atoms with Crippen LogP contribution in [0.5, 0.6) is 0 Å². The first-order valence-electron chi connectivity index (χ1n) is 4.75. The summed E-state index contributed by atoms with van der Waals surface area (Å²) in [5.74, 6) is 0.00162. The number of amides is 1. The lowest BCUT2D eigenvalue weighted by Crippen LogP contribution is -2.27. The van der Waals surface area contributed by atoms with E-state index in [1.165, 1.54) is 0 Å². The molecular weight excluding hydrogens is 212 g/mol. The van der Waals surface area contributed by atoms with Crippen LogP contribution in [0.15, 0.2) is 4.52 Å². The molecule has 6 nitrogen and oxygen atoms in total. The van der Waals surface area contributed by atoms with E-state index in [9.17, 15) is 9.59 Å². The zero-order chi connectivity index (χ0) is 12.3. The summed E-state index contributed by atoms with van der Waals surface area (Å²) in [6, 6.07) is 0. The van der Waals surface area contributed by atoms with Gasteiger partial charge in [-0.2, -0.15) is 0 Å². The summed E-state index contributed by atoms with van der Waals surface area (Å²) >= 11 is 0. The Hall–Kier alpha value is -1.85. The Morgan fingerprint density at radius 3 is 2.62 bits per heavy atom. The van der Waals surface area contributed by atoms with Gasteiger partial charge >= 0.3 is 6.09 Å². The average molecular weight is 226 g/mol. The minimum absolute atomic E-state index is 0.00162. The predicted molar refractivity (Wildman–Crippen MR) is 56.5 cm³/mol. The van der Waals surface area contributed by atoms with Crippen molar-refractivity contribution in [1.82, 2.24) is 5.16 Å². The van der Waals surface area contributed by atoms with Gasteiger partial charge in [0.05, 0.1) is 5.69 Å². The molecule has 1 amide bonds. The van der Waals surface area contributed by atoms with Crippen molar-refractivity contribution in [2.75, 3.05) is 5.32 Å². The number of nitrogens with zero attached hydrogens (tertiary/aromatic N) is 1. The van der Waals surface area contributed by atoms with Gasteiger partial charge < -0.3 is 9.26 Å². The summed E-state index contributed by atoms with van der Waals surface area (Å²) in [6.07, 6.45) is -0.120. The zero-order valence-electron chi connectivity index (χ0n) is 9.66. The Morgan fingerprint density at radius 2 is 2.12 bits per heavy atom. The molecule has 0 saturated heterocycles. The largest absolute Gasteiger partial charge is 0.444 e. The van der Waals surface area contributed by atoms with E-state index in [1.807, 2.05) is 0 Å². The van der Waals surface area contributed by atoms with E-state index in [1.54, 1.807) is 27.7 Å². The molecule has 0 aliphatic rings. The molecule has 1 N–H and O–H groups in total. The number of hydrogen-bond acceptors (Lipinski definition) is 5. The average Bonchev–Trinajstić information content (AvgIpc) is 2.43. The van der Waals surface area contributed by atoms with E-state index in [4.69, 9.17) is 9.26 Å². The van der Waals surface area contributed by atoms with Gasteiger partial charge in [-0.25, -0.2) is 4.79 Å². The van der Waals surface area contributed by atoms with E-state index in [0.29, 0.717) is 12.0 Å². The topological polar surface area (TPSA) is 81.4 Å². The van der Waals surface area contributed by atoms with E-state index in [-0.39, 0.29) is 11.4 Å². The van der Waals surface area contributed by atoms with Crippen LogP contribution in [0.3, 0.4) is 0 Å². The van der Waals surface area contributed by atoms with Gasteiger partial charge in [-0.05, 0) is 27.7 Å². The minimum atomic E-state index is -0.688. The Balaban J connectivity index is 2.74. The first kappa shape index (κ1) is 12.2. The van der Waals surface area contributed by atoms with Gasteiger partial charge in [0.15, 0.2) is 6.29 Å². The second kappa shape index (κ2) is 4.34. The first-order chi connectivity index (χ1) is 7.33. The van der Waals surface area contributed by atoms with Gasteiger partial charge in [-0.1, -0.05) is 5.16 Å². The SMILES string of the molecule is Cc1noc(NC(=O)OC(C)(C)C)c1C=O. The van der Waals surface area contributed by atoms with Crippen LogP contribution in [0.25, 0.3) is 0 Å². The van der Waals surface area contributed by atoms with Crippen molar-refractivity contribution in [2.45, 2.75) is 33.3 Å². The molecule has 0 aliphatic carbocycles. The van der Waals surface area contributed by atoms with Crippen molar-refractivity contribution >= 4 is 18.3 Å². The summed E-state index contributed by atoms with van der Waals surface area (Å²) in [4.78, 5) is 22.1. The highest BCUT2D eigenvalue weighted by molar-refractivity contribution is 5.91. The molecule has 1 heterocycles. The van der Waals surface area contributed by atoms with E-state index >= 15 is 0 Å². The third-order valence-corrected chi connectivity index (χ3v) is 1.64. The lowest BCUT2D eigenvalue weighted by molar-refractivity contribution is 0.0631. The van der Waals surface area contributed by atoms with Gasteiger partial charge in [0, 0.05) is 0 Å². The second-order valence-corrected chi connectivity index (χ2v) is 4.26. The van der Waals surface area contributed by atoms with Gasteiger partial charge in [-0.3, -0.25) is 10.1 Å². The second-order valence-electron chi connectivity index (χ2n) is 4.26. The van der Waals surface area contributed by atoms with Crippen LogP contribution < -0.4 is 5.32 Å². The van der Waals surface area contributed by atoms with Crippen LogP contribution in [-0.4, -0.2) is 23.1 Å².